The van der Waals surface area contributed by atoms with Crippen LogP contribution in [0.2, 0.25) is 0 Å². The van der Waals surface area contributed by atoms with Gasteiger partial charge in [-0.05, 0) is 49.5 Å². The first-order valence-electron chi connectivity index (χ1n) is 9.45. The van der Waals surface area contributed by atoms with E-state index in [-0.39, 0.29) is 11.9 Å². The zero-order chi connectivity index (χ0) is 18.6. The van der Waals surface area contributed by atoms with E-state index in [4.69, 9.17) is 0 Å². The maximum atomic E-state index is 12.9. The van der Waals surface area contributed by atoms with Gasteiger partial charge < -0.3 is 4.90 Å². The van der Waals surface area contributed by atoms with E-state index in [0.29, 0.717) is 18.2 Å². The number of hydrogen-bond acceptors (Lipinski definition) is 3. The van der Waals surface area contributed by atoms with Crippen molar-refractivity contribution in [3.63, 3.8) is 0 Å². The Kier molecular flexibility index (Phi) is 4.97. The smallest absolute Gasteiger partial charge is 0.247 e. The van der Waals surface area contributed by atoms with Gasteiger partial charge in [0.25, 0.3) is 0 Å². The van der Waals surface area contributed by atoms with Crippen molar-refractivity contribution >= 4 is 23.0 Å². The lowest BCUT2D eigenvalue weighted by Crippen LogP contribution is -2.38. The Morgan fingerprint density at radius 3 is 2.56 bits per heavy atom. The Morgan fingerprint density at radius 2 is 1.81 bits per heavy atom. The Hall–Kier alpha value is -3.01. The molecule has 0 spiro atoms. The summed E-state index contributed by atoms with van der Waals surface area (Å²) in [5, 5.41) is 0. The minimum Gasteiger partial charge on any atom is -0.332 e. The summed E-state index contributed by atoms with van der Waals surface area (Å²) in [6.07, 6.45) is 7.51. The second kappa shape index (κ2) is 7.70. The van der Waals surface area contributed by atoms with Gasteiger partial charge in [0.05, 0.1) is 22.9 Å². The number of hydrogen-bond donors (Lipinski definition) is 0. The number of amides is 1. The number of aromatic nitrogens is 2. The van der Waals surface area contributed by atoms with E-state index < -0.39 is 0 Å². The second-order valence-corrected chi connectivity index (χ2v) is 7.15. The summed E-state index contributed by atoms with van der Waals surface area (Å²) >= 11 is 0. The topological polar surface area (TPSA) is 46.1 Å². The average molecular weight is 357 g/mol. The van der Waals surface area contributed by atoms with Crippen molar-refractivity contribution in [2.24, 2.45) is 5.92 Å². The van der Waals surface area contributed by atoms with Crippen LogP contribution in [0, 0.1) is 5.92 Å². The van der Waals surface area contributed by atoms with Gasteiger partial charge in [-0.15, -0.1) is 0 Å². The molecule has 1 unspecified atom stereocenters. The van der Waals surface area contributed by atoms with E-state index >= 15 is 0 Å². The molecule has 4 nitrogen and oxygen atoms in total. The Morgan fingerprint density at radius 1 is 1.11 bits per heavy atom. The number of benzene rings is 2. The molecule has 1 atom stereocenters. The summed E-state index contributed by atoms with van der Waals surface area (Å²) in [6.45, 7) is 2.78. The van der Waals surface area contributed by atoms with Crippen LogP contribution in [0.15, 0.2) is 66.9 Å². The summed E-state index contributed by atoms with van der Waals surface area (Å²) in [6, 6.07) is 18.1. The number of carbonyl (C=O) groups excluding carboxylic acids is 1. The third kappa shape index (κ3) is 4.22. The molecule has 2 aromatic carbocycles. The van der Waals surface area contributed by atoms with Crippen molar-refractivity contribution in [2.75, 3.05) is 0 Å². The highest BCUT2D eigenvalue weighted by molar-refractivity contribution is 5.92. The van der Waals surface area contributed by atoms with E-state index in [0.717, 1.165) is 16.6 Å². The van der Waals surface area contributed by atoms with Crippen molar-refractivity contribution in [3.8, 4) is 0 Å². The van der Waals surface area contributed by atoms with Crippen LogP contribution < -0.4 is 0 Å². The zero-order valence-electron chi connectivity index (χ0n) is 15.5. The summed E-state index contributed by atoms with van der Waals surface area (Å²) in [5.74, 6) is 0.639. The molecule has 0 bridgehead atoms. The summed E-state index contributed by atoms with van der Waals surface area (Å²) in [7, 11) is 0. The minimum atomic E-state index is 0.0215. The van der Waals surface area contributed by atoms with Crippen molar-refractivity contribution in [1.29, 1.82) is 0 Å². The summed E-state index contributed by atoms with van der Waals surface area (Å²) in [5.41, 5.74) is 3.53. The first-order valence-corrected chi connectivity index (χ1v) is 9.45. The van der Waals surface area contributed by atoms with Crippen molar-refractivity contribution in [2.45, 2.75) is 32.4 Å². The molecular formula is C23H23N3O. The first-order chi connectivity index (χ1) is 13.2. The van der Waals surface area contributed by atoms with Gasteiger partial charge in [-0.1, -0.05) is 42.5 Å². The predicted octanol–water partition coefficient (Wildman–Crippen LogP) is 4.47. The van der Waals surface area contributed by atoms with E-state index in [1.54, 1.807) is 18.3 Å². The van der Waals surface area contributed by atoms with Gasteiger partial charge in [-0.25, -0.2) is 4.98 Å². The van der Waals surface area contributed by atoms with Gasteiger partial charge >= 0.3 is 0 Å². The van der Waals surface area contributed by atoms with Gasteiger partial charge in [0.2, 0.25) is 5.91 Å². The summed E-state index contributed by atoms with van der Waals surface area (Å²) < 4.78 is 0. The lowest BCUT2D eigenvalue weighted by atomic mass is 10.1. The largest absolute Gasteiger partial charge is 0.332 e. The van der Waals surface area contributed by atoms with Gasteiger partial charge in [0, 0.05) is 18.7 Å². The van der Waals surface area contributed by atoms with E-state index in [9.17, 15) is 4.79 Å². The molecule has 1 aliphatic rings. The molecule has 0 radical (unpaired) electrons. The molecular weight excluding hydrogens is 334 g/mol. The highest BCUT2D eigenvalue weighted by Gasteiger charge is 2.33. The maximum Gasteiger partial charge on any atom is 0.247 e. The standard InChI is InChI=1S/C23H23N3O/c1-17(19-11-12-19)26(16-18-7-3-2-4-8-18)23(27)14-13-20-15-24-21-9-5-6-10-22(21)25-20/h2-10,13-15,17,19H,11-12,16H2,1H3/b14-13+. The molecule has 0 saturated heterocycles. The normalized spacial score (nSPS) is 15.1. The molecule has 1 amide bonds. The SMILES string of the molecule is CC(C1CC1)N(Cc1ccccc1)C(=O)/C=C/c1cnc2ccccc2n1. The molecule has 1 aliphatic carbocycles. The van der Waals surface area contributed by atoms with Crippen molar-refractivity contribution in [1.82, 2.24) is 14.9 Å². The van der Waals surface area contributed by atoms with Crippen LogP contribution in [0.3, 0.4) is 0 Å². The molecule has 0 aliphatic heterocycles. The fourth-order valence-electron chi connectivity index (χ4n) is 3.34. The number of nitrogens with zero attached hydrogens (tertiary/aromatic N) is 3. The van der Waals surface area contributed by atoms with Crippen LogP contribution in [0.5, 0.6) is 0 Å². The monoisotopic (exact) mass is 357 g/mol. The molecule has 4 heteroatoms. The van der Waals surface area contributed by atoms with Crippen LogP contribution in [0.1, 0.15) is 31.0 Å². The van der Waals surface area contributed by atoms with Gasteiger partial charge in [0.1, 0.15) is 0 Å². The Balaban J connectivity index is 1.53. The highest BCUT2D eigenvalue weighted by atomic mass is 16.2. The Labute approximate surface area is 159 Å². The number of fused-ring (bicyclic) bond motifs is 1. The van der Waals surface area contributed by atoms with Crippen LogP contribution in [-0.2, 0) is 11.3 Å². The van der Waals surface area contributed by atoms with E-state index in [1.165, 1.54) is 12.8 Å². The van der Waals surface area contributed by atoms with Gasteiger partial charge in [-0.3, -0.25) is 9.78 Å². The fraction of sp³-hybridized carbons (Fsp3) is 0.261. The molecule has 1 heterocycles. The third-order valence-electron chi connectivity index (χ3n) is 5.14. The highest BCUT2D eigenvalue weighted by Crippen LogP contribution is 2.35. The van der Waals surface area contributed by atoms with E-state index in [1.807, 2.05) is 47.4 Å². The molecule has 4 rings (SSSR count). The minimum absolute atomic E-state index is 0.0215. The zero-order valence-corrected chi connectivity index (χ0v) is 15.5. The average Bonchev–Trinajstić information content (AvgIpc) is 3.56. The molecule has 1 saturated carbocycles. The predicted molar refractivity (Wildman–Crippen MR) is 108 cm³/mol. The molecule has 27 heavy (non-hydrogen) atoms. The first kappa shape index (κ1) is 17.4. The lowest BCUT2D eigenvalue weighted by molar-refractivity contribution is -0.129. The fourth-order valence-corrected chi connectivity index (χ4v) is 3.34. The van der Waals surface area contributed by atoms with E-state index in [2.05, 4.69) is 29.0 Å². The number of para-hydroxylation sites is 2. The van der Waals surface area contributed by atoms with Crippen LogP contribution in [0.4, 0.5) is 0 Å². The molecule has 1 aromatic heterocycles. The van der Waals surface area contributed by atoms with Crippen molar-refractivity contribution < 1.29 is 4.79 Å². The second-order valence-electron chi connectivity index (χ2n) is 7.15. The third-order valence-corrected chi connectivity index (χ3v) is 5.14. The van der Waals surface area contributed by atoms with Gasteiger partial charge in [-0.2, -0.15) is 0 Å². The van der Waals surface area contributed by atoms with Gasteiger partial charge in [0.15, 0.2) is 0 Å². The van der Waals surface area contributed by atoms with Crippen LogP contribution >= 0.6 is 0 Å². The summed E-state index contributed by atoms with van der Waals surface area (Å²) in [4.78, 5) is 23.9. The molecule has 1 fully saturated rings. The quantitative estimate of drug-likeness (QED) is 0.612. The maximum absolute atomic E-state index is 12.9. The lowest BCUT2D eigenvalue weighted by Gasteiger charge is -2.28. The number of carbonyl (C=O) groups is 1. The van der Waals surface area contributed by atoms with Crippen LogP contribution in [-0.4, -0.2) is 26.8 Å². The molecule has 0 N–H and O–H groups in total. The molecule has 136 valence electrons. The molecule has 3 aromatic rings. The number of rotatable bonds is 6. The Bertz CT molecular complexity index is 964. The van der Waals surface area contributed by atoms with Crippen LogP contribution in [0.25, 0.3) is 17.1 Å². The van der Waals surface area contributed by atoms with Crippen molar-refractivity contribution in [3.05, 3.63) is 78.1 Å².